The van der Waals surface area contributed by atoms with E-state index in [2.05, 4.69) is 0 Å². The quantitative estimate of drug-likeness (QED) is 0.273. The Morgan fingerprint density at radius 2 is 1.39 bits per heavy atom. The molecule has 0 aliphatic heterocycles. The SMILES string of the molecule is COC(=O)C(SCc1ccco1)C(C(=O)OC)P(=O)(Oc1ccccc1)Oc1ccccc1. The zero-order valence-corrected chi connectivity index (χ0v) is 19.7. The Labute approximate surface area is 195 Å². The van der Waals surface area contributed by atoms with Gasteiger partial charge in [0.25, 0.3) is 0 Å². The van der Waals surface area contributed by atoms with Crippen molar-refractivity contribution >= 4 is 31.3 Å². The molecule has 0 saturated carbocycles. The number of methoxy groups -OCH3 is 2. The minimum Gasteiger partial charge on any atom is -0.468 e. The molecule has 1 aromatic heterocycles. The number of thioether (sulfide) groups is 1. The third-order valence-corrected chi connectivity index (χ3v) is 8.04. The second kappa shape index (κ2) is 11.6. The van der Waals surface area contributed by atoms with E-state index in [1.165, 1.54) is 13.4 Å². The van der Waals surface area contributed by atoms with Crippen molar-refractivity contribution < 1.29 is 37.1 Å². The zero-order chi connectivity index (χ0) is 23.7. The first-order valence-corrected chi connectivity index (χ1v) is 12.5. The van der Waals surface area contributed by atoms with Gasteiger partial charge in [0.1, 0.15) is 22.5 Å². The summed E-state index contributed by atoms with van der Waals surface area (Å²) in [6.45, 7) is 0. The molecule has 2 atom stereocenters. The van der Waals surface area contributed by atoms with E-state index >= 15 is 0 Å². The van der Waals surface area contributed by atoms with Crippen molar-refractivity contribution in [3.8, 4) is 11.5 Å². The van der Waals surface area contributed by atoms with Gasteiger partial charge in [0.2, 0.25) is 5.66 Å². The van der Waals surface area contributed by atoms with Crippen LogP contribution in [0.25, 0.3) is 0 Å². The van der Waals surface area contributed by atoms with Gasteiger partial charge in [-0.1, -0.05) is 36.4 Å². The summed E-state index contributed by atoms with van der Waals surface area (Å²) in [6.07, 6.45) is 1.49. The molecule has 0 spiro atoms. The molecule has 10 heteroatoms. The lowest BCUT2D eigenvalue weighted by Crippen LogP contribution is -2.41. The monoisotopic (exact) mass is 490 g/mol. The minimum atomic E-state index is -4.40. The molecule has 0 saturated heterocycles. The zero-order valence-electron chi connectivity index (χ0n) is 18.0. The molecule has 0 bridgehead atoms. The highest BCUT2D eigenvalue weighted by molar-refractivity contribution is 8.00. The summed E-state index contributed by atoms with van der Waals surface area (Å²) in [5, 5.41) is -1.27. The number of esters is 2. The highest BCUT2D eigenvalue weighted by Crippen LogP contribution is 2.56. The largest absolute Gasteiger partial charge is 0.468 e. The molecule has 33 heavy (non-hydrogen) atoms. The standard InChI is InChI=1S/C23H23O8PS/c1-27-22(24)20(21(23(25)28-2)33-16-19-14-9-15-29-19)32(26,30-17-10-5-3-6-11-17)31-18-12-7-4-8-13-18/h3-15,20-21H,16H2,1-2H3. The van der Waals surface area contributed by atoms with E-state index in [4.69, 9.17) is 22.9 Å². The van der Waals surface area contributed by atoms with Crippen LogP contribution in [0.15, 0.2) is 83.5 Å². The molecule has 0 radical (unpaired) electrons. The summed E-state index contributed by atoms with van der Waals surface area (Å²) in [5.74, 6) is -0.560. The van der Waals surface area contributed by atoms with Crippen LogP contribution in [0.1, 0.15) is 5.76 Å². The van der Waals surface area contributed by atoms with Gasteiger partial charge in [-0.15, -0.1) is 11.8 Å². The molecule has 0 aliphatic carbocycles. The topological polar surface area (TPSA) is 101 Å². The normalized spacial score (nSPS) is 12.9. The van der Waals surface area contributed by atoms with Gasteiger partial charge in [0, 0.05) is 0 Å². The second-order valence-corrected chi connectivity index (χ2v) is 9.78. The van der Waals surface area contributed by atoms with Crippen LogP contribution in [0.3, 0.4) is 0 Å². The predicted octanol–water partition coefficient (Wildman–Crippen LogP) is 4.95. The molecular formula is C23H23O8PS. The van der Waals surface area contributed by atoms with Crippen molar-refractivity contribution in [3.05, 3.63) is 84.8 Å². The molecule has 0 amide bonds. The fourth-order valence-electron chi connectivity index (χ4n) is 2.90. The molecule has 2 aromatic carbocycles. The van der Waals surface area contributed by atoms with Gasteiger partial charge in [-0.25, -0.2) is 4.57 Å². The number of furan rings is 1. The highest BCUT2D eigenvalue weighted by atomic mass is 32.2. The van der Waals surface area contributed by atoms with Crippen molar-refractivity contribution in [3.63, 3.8) is 0 Å². The third-order valence-electron chi connectivity index (χ3n) is 4.44. The third kappa shape index (κ3) is 6.43. The molecular weight excluding hydrogens is 467 g/mol. The van der Waals surface area contributed by atoms with Crippen LogP contribution >= 0.6 is 19.4 Å². The van der Waals surface area contributed by atoms with Crippen LogP contribution in [0.4, 0.5) is 0 Å². The van der Waals surface area contributed by atoms with E-state index in [-0.39, 0.29) is 17.3 Å². The number of benzene rings is 2. The number of hydrogen-bond donors (Lipinski definition) is 0. The predicted molar refractivity (Wildman–Crippen MR) is 123 cm³/mol. The maximum absolute atomic E-state index is 14.3. The smallest absolute Gasteiger partial charge is 0.446 e. The number of rotatable bonds is 11. The van der Waals surface area contributed by atoms with Crippen molar-refractivity contribution in [2.45, 2.75) is 16.7 Å². The van der Waals surface area contributed by atoms with E-state index in [0.29, 0.717) is 5.76 Å². The Morgan fingerprint density at radius 1 is 0.848 bits per heavy atom. The molecule has 174 valence electrons. The lowest BCUT2D eigenvalue weighted by atomic mass is 10.3. The van der Waals surface area contributed by atoms with E-state index in [9.17, 15) is 14.2 Å². The number of carbonyl (C=O) groups is 2. The van der Waals surface area contributed by atoms with Gasteiger partial charge < -0.3 is 22.9 Å². The Morgan fingerprint density at radius 3 is 1.85 bits per heavy atom. The molecule has 3 aromatic rings. The Kier molecular flexibility index (Phi) is 8.63. The van der Waals surface area contributed by atoms with E-state index in [1.54, 1.807) is 72.8 Å². The van der Waals surface area contributed by atoms with E-state index in [0.717, 1.165) is 18.9 Å². The summed E-state index contributed by atoms with van der Waals surface area (Å²) in [6, 6.07) is 19.9. The summed E-state index contributed by atoms with van der Waals surface area (Å²) in [4.78, 5) is 25.7. The molecule has 0 aliphatic rings. The summed E-state index contributed by atoms with van der Waals surface area (Å²) in [5.41, 5.74) is -1.63. The van der Waals surface area contributed by atoms with Crippen LogP contribution < -0.4 is 9.05 Å². The van der Waals surface area contributed by atoms with Crippen molar-refractivity contribution in [1.29, 1.82) is 0 Å². The first kappa shape index (κ1) is 24.5. The van der Waals surface area contributed by atoms with Gasteiger partial charge in [-0.2, -0.15) is 0 Å². The Bertz CT molecular complexity index is 1030. The average Bonchev–Trinajstić information content (AvgIpc) is 3.35. The van der Waals surface area contributed by atoms with Crippen LogP contribution in [0, 0.1) is 0 Å². The Hall–Kier alpha value is -3.16. The van der Waals surface area contributed by atoms with E-state index in [1.807, 2.05) is 0 Å². The number of carbonyl (C=O) groups excluding carboxylic acids is 2. The minimum absolute atomic E-state index is 0.199. The highest BCUT2D eigenvalue weighted by Gasteiger charge is 2.53. The Balaban J connectivity index is 2.04. The molecule has 0 fully saturated rings. The van der Waals surface area contributed by atoms with Gasteiger partial charge in [-0.05, 0) is 36.4 Å². The second-order valence-electron chi connectivity index (χ2n) is 6.65. The number of para-hydroxylation sites is 2. The van der Waals surface area contributed by atoms with Crippen molar-refractivity contribution in [2.24, 2.45) is 0 Å². The lowest BCUT2D eigenvalue weighted by molar-refractivity contribution is -0.146. The molecule has 2 unspecified atom stereocenters. The van der Waals surface area contributed by atoms with Crippen LogP contribution in [-0.2, 0) is 29.4 Å². The van der Waals surface area contributed by atoms with Gasteiger partial charge >= 0.3 is 19.5 Å². The number of ether oxygens (including phenoxy) is 2. The first-order valence-electron chi connectivity index (χ1n) is 9.85. The number of hydrogen-bond acceptors (Lipinski definition) is 9. The fraction of sp³-hybridized carbons (Fsp3) is 0.217. The summed E-state index contributed by atoms with van der Waals surface area (Å²) < 4.78 is 41.0. The first-order chi connectivity index (χ1) is 16.0. The maximum atomic E-state index is 14.3. The van der Waals surface area contributed by atoms with Crippen LogP contribution in [0.2, 0.25) is 0 Å². The van der Waals surface area contributed by atoms with Crippen molar-refractivity contribution in [1.82, 2.24) is 0 Å². The lowest BCUT2D eigenvalue weighted by Gasteiger charge is -2.29. The maximum Gasteiger partial charge on any atom is 0.446 e. The van der Waals surface area contributed by atoms with Crippen LogP contribution in [0.5, 0.6) is 11.5 Å². The fourth-order valence-corrected chi connectivity index (χ4v) is 6.55. The summed E-state index contributed by atoms with van der Waals surface area (Å²) >= 11 is 1.01. The van der Waals surface area contributed by atoms with E-state index < -0.39 is 30.4 Å². The van der Waals surface area contributed by atoms with Crippen molar-refractivity contribution in [2.75, 3.05) is 14.2 Å². The van der Waals surface area contributed by atoms with Gasteiger partial charge in [-0.3, -0.25) is 9.59 Å². The molecule has 3 rings (SSSR count). The van der Waals surface area contributed by atoms with Crippen LogP contribution in [-0.4, -0.2) is 37.1 Å². The van der Waals surface area contributed by atoms with Gasteiger partial charge in [0.05, 0.1) is 26.2 Å². The molecule has 8 nitrogen and oxygen atoms in total. The average molecular weight is 490 g/mol. The molecule has 0 N–H and O–H groups in total. The van der Waals surface area contributed by atoms with Gasteiger partial charge in [0.15, 0.2) is 0 Å². The summed E-state index contributed by atoms with van der Waals surface area (Å²) in [7, 11) is -2.09. The molecule has 1 heterocycles.